The monoisotopic (exact) mass is 303 g/mol. The van der Waals surface area contributed by atoms with Crippen molar-refractivity contribution in [3.05, 3.63) is 27.7 Å². The number of piperazine rings is 1. The molecule has 8 heteroatoms. The van der Waals surface area contributed by atoms with E-state index in [2.05, 4.69) is 25.2 Å². The molecule has 3 heterocycles. The predicted octanol–water partition coefficient (Wildman–Crippen LogP) is -0.0117. The Morgan fingerprint density at radius 1 is 1.36 bits per heavy atom. The van der Waals surface area contributed by atoms with E-state index in [0.717, 1.165) is 26.2 Å². The quantitative estimate of drug-likeness (QED) is 0.731. The lowest BCUT2D eigenvalue weighted by molar-refractivity contribution is 0.0695. The highest BCUT2D eigenvalue weighted by Gasteiger charge is 2.19. The first kappa shape index (κ1) is 14.5. The van der Waals surface area contributed by atoms with Crippen LogP contribution in [0.25, 0.3) is 11.0 Å². The van der Waals surface area contributed by atoms with Crippen molar-refractivity contribution in [2.24, 2.45) is 0 Å². The molecule has 0 spiro atoms. The topological polar surface area (TPSA) is 111 Å². The molecule has 0 bridgehead atoms. The number of nitrogens with one attached hydrogen (secondary N) is 2. The molecule has 1 fully saturated rings. The number of carbonyl (C=O) groups is 1. The van der Waals surface area contributed by atoms with Crippen LogP contribution in [0.15, 0.2) is 11.0 Å². The number of anilines is 1. The van der Waals surface area contributed by atoms with Gasteiger partial charge in [-0.05, 0) is 6.42 Å². The molecule has 0 radical (unpaired) electrons. The van der Waals surface area contributed by atoms with Gasteiger partial charge in [-0.1, -0.05) is 6.92 Å². The molecular weight excluding hydrogens is 286 g/mol. The van der Waals surface area contributed by atoms with E-state index >= 15 is 0 Å². The van der Waals surface area contributed by atoms with Crippen LogP contribution in [0.5, 0.6) is 0 Å². The van der Waals surface area contributed by atoms with Crippen LogP contribution >= 0.6 is 0 Å². The van der Waals surface area contributed by atoms with Gasteiger partial charge in [0, 0.05) is 32.4 Å². The number of hydrogen-bond acceptors (Lipinski definition) is 6. The lowest BCUT2D eigenvalue weighted by atomic mass is 10.1. The molecule has 0 saturated carbocycles. The third-order valence-electron chi connectivity index (χ3n) is 3.76. The van der Waals surface area contributed by atoms with Crippen LogP contribution in [0.2, 0.25) is 0 Å². The summed E-state index contributed by atoms with van der Waals surface area (Å²) >= 11 is 0. The van der Waals surface area contributed by atoms with Crippen LogP contribution in [-0.4, -0.2) is 52.2 Å². The fourth-order valence-electron chi connectivity index (χ4n) is 2.60. The predicted molar refractivity (Wildman–Crippen MR) is 81.6 cm³/mol. The largest absolute Gasteiger partial charge is 0.477 e. The minimum Gasteiger partial charge on any atom is -0.477 e. The number of aromatic amines is 1. The first-order chi connectivity index (χ1) is 10.6. The number of rotatable bonds is 3. The molecule has 3 rings (SSSR count). The van der Waals surface area contributed by atoms with E-state index in [9.17, 15) is 9.59 Å². The van der Waals surface area contributed by atoms with E-state index in [1.54, 1.807) is 0 Å². The number of carboxylic acids is 1. The summed E-state index contributed by atoms with van der Waals surface area (Å²) in [4.78, 5) is 37.2. The summed E-state index contributed by atoms with van der Waals surface area (Å²) in [5.41, 5.74) is 0.129. The van der Waals surface area contributed by atoms with Gasteiger partial charge in [-0.25, -0.2) is 9.78 Å². The molecule has 22 heavy (non-hydrogen) atoms. The third kappa shape index (κ3) is 2.41. The highest BCUT2D eigenvalue weighted by atomic mass is 16.4. The molecule has 1 saturated heterocycles. The van der Waals surface area contributed by atoms with Crippen molar-refractivity contribution in [2.45, 2.75) is 13.3 Å². The zero-order valence-corrected chi connectivity index (χ0v) is 12.2. The van der Waals surface area contributed by atoms with Gasteiger partial charge in [-0.2, -0.15) is 4.98 Å². The Kier molecular flexibility index (Phi) is 3.76. The number of pyridine rings is 1. The number of aromatic nitrogens is 3. The van der Waals surface area contributed by atoms with Crippen LogP contribution in [0.4, 0.5) is 5.95 Å². The minimum absolute atomic E-state index is 0.265. The second-order valence-electron chi connectivity index (χ2n) is 5.12. The van der Waals surface area contributed by atoms with Gasteiger partial charge in [0.2, 0.25) is 11.4 Å². The van der Waals surface area contributed by atoms with Crippen LogP contribution in [0, 0.1) is 0 Å². The number of hydrogen-bond donors (Lipinski definition) is 3. The van der Waals surface area contributed by atoms with Crippen molar-refractivity contribution < 1.29 is 9.90 Å². The zero-order chi connectivity index (χ0) is 15.7. The number of aryl methyl sites for hydroxylation is 1. The maximum Gasteiger partial charge on any atom is 0.341 e. The van der Waals surface area contributed by atoms with E-state index in [1.165, 1.54) is 6.20 Å². The molecular formula is C14H17N5O3. The summed E-state index contributed by atoms with van der Waals surface area (Å²) in [6.45, 7) is 5.20. The highest BCUT2D eigenvalue weighted by molar-refractivity contribution is 5.92. The molecule has 2 aromatic heterocycles. The Bertz CT molecular complexity index is 780. The standard InChI is InChI=1S/C14H17N5O3/c1-2-9-10-11(20)8(13(21)22)7-16-12(10)18-14(17-9)19-5-3-15-4-6-19/h7,15H,2-6H2,1H3,(H,21,22)(H,16,17,18,20). The van der Waals surface area contributed by atoms with E-state index in [-0.39, 0.29) is 10.9 Å². The normalized spacial score (nSPS) is 15.2. The van der Waals surface area contributed by atoms with Gasteiger partial charge < -0.3 is 20.3 Å². The first-order valence-electron chi connectivity index (χ1n) is 7.23. The second-order valence-corrected chi connectivity index (χ2v) is 5.12. The summed E-state index contributed by atoms with van der Waals surface area (Å²) in [6, 6.07) is 0. The summed E-state index contributed by atoms with van der Waals surface area (Å²) < 4.78 is 0. The van der Waals surface area contributed by atoms with Gasteiger partial charge in [0.05, 0.1) is 11.1 Å². The summed E-state index contributed by atoms with van der Waals surface area (Å²) in [5, 5.41) is 12.6. The number of H-pyrrole nitrogens is 1. The van der Waals surface area contributed by atoms with Gasteiger partial charge in [0.15, 0.2) is 0 Å². The molecule has 1 aliphatic rings. The Hall–Kier alpha value is -2.48. The van der Waals surface area contributed by atoms with Crippen molar-refractivity contribution in [3.63, 3.8) is 0 Å². The Labute approximate surface area is 126 Å². The summed E-state index contributed by atoms with van der Waals surface area (Å²) in [6.07, 6.45) is 1.73. The zero-order valence-electron chi connectivity index (χ0n) is 12.2. The van der Waals surface area contributed by atoms with Gasteiger partial charge >= 0.3 is 5.97 Å². The molecule has 0 atom stereocenters. The van der Waals surface area contributed by atoms with Crippen LogP contribution < -0.4 is 15.6 Å². The maximum absolute atomic E-state index is 12.3. The maximum atomic E-state index is 12.3. The molecule has 116 valence electrons. The lowest BCUT2D eigenvalue weighted by Crippen LogP contribution is -2.44. The molecule has 0 unspecified atom stereocenters. The van der Waals surface area contributed by atoms with E-state index in [1.807, 2.05) is 6.92 Å². The SMILES string of the molecule is CCc1nc(N2CCNCC2)nc2[nH]cc(C(=O)O)c(=O)c12. The van der Waals surface area contributed by atoms with Gasteiger partial charge in [-0.3, -0.25) is 4.79 Å². The minimum atomic E-state index is -1.25. The number of carboxylic acid groups (broad SMARTS) is 1. The third-order valence-corrected chi connectivity index (χ3v) is 3.76. The summed E-state index contributed by atoms with van der Waals surface area (Å²) in [5.74, 6) is -0.680. The smallest absolute Gasteiger partial charge is 0.341 e. The van der Waals surface area contributed by atoms with E-state index < -0.39 is 11.4 Å². The summed E-state index contributed by atoms with van der Waals surface area (Å²) in [7, 11) is 0. The molecule has 1 aliphatic heterocycles. The van der Waals surface area contributed by atoms with Crippen molar-refractivity contribution in [1.29, 1.82) is 0 Å². The fourth-order valence-corrected chi connectivity index (χ4v) is 2.60. The Morgan fingerprint density at radius 3 is 2.73 bits per heavy atom. The lowest BCUT2D eigenvalue weighted by Gasteiger charge is -2.27. The van der Waals surface area contributed by atoms with Crippen LogP contribution in [0.3, 0.4) is 0 Å². The van der Waals surface area contributed by atoms with E-state index in [0.29, 0.717) is 23.7 Å². The van der Waals surface area contributed by atoms with Crippen molar-refractivity contribution in [2.75, 3.05) is 31.1 Å². The van der Waals surface area contributed by atoms with Crippen LogP contribution in [0.1, 0.15) is 23.0 Å². The Balaban J connectivity index is 2.18. The molecule has 0 aromatic carbocycles. The molecule has 8 nitrogen and oxygen atoms in total. The molecule has 2 aromatic rings. The van der Waals surface area contributed by atoms with Gasteiger partial charge in [0.1, 0.15) is 11.2 Å². The van der Waals surface area contributed by atoms with Crippen molar-refractivity contribution in [1.82, 2.24) is 20.3 Å². The van der Waals surface area contributed by atoms with Crippen LogP contribution in [-0.2, 0) is 6.42 Å². The van der Waals surface area contributed by atoms with Crippen molar-refractivity contribution >= 4 is 23.0 Å². The van der Waals surface area contributed by atoms with Crippen molar-refractivity contribution in [3.8, 4) is 0 Å². The molecule has 0 aliphatic carbocycles. The number of nitrogens with zero attached hydrogens (tertiary/aromatic N) is 3. The molecule has 0 amide bonds. The Morgan fingerprint density at radius 2 is 2.09 bits per heavy atom. The highest BCUT2D eigenvalue weighted by Crippen LogP contribution is 2.17. The van der Waals surface area contributed by atoms with Gasteiger partial charge in [-0.15, -0.1) is 0 Å². The molecule has 3 N–H and O–H groups in total. The second kappa shape index (κ2) is 5.72. The number of fused-ring (bicyclic) bond motifs is 1. The average Bonchev–Trinajstić information content (AvgIpc) is 2.54. The average molecular weight is 303 g/mol. The van der Waals surface area contributed by atoms with Gasteiger partial charge in [0.25, 0.3) is 0 Å². The van der Waals surface area contributed by atoms with E-state index in [4.69, 9.17) is 5.11 Å². The first-order valence-corrected chi connectivity index (χ1v) is 7.23. The fraction of sp³-hybridized carbons (Fsp3) is 0.429. The number of aromatic carboxylic acids is 1.